The van der Waals surface area contributed by atoms with Crippen molar-refractivity contribution in [3.8, 4) is 0 Å². The quantitative estimate of drug-likeness (QED) is 0.634. The Morgan fingerprint density at radius 1 is 1.64 bits per heavy atom. The van der Waals surface area contributed by atoms with E-state index in [-0.39, 0.29) is 0 Å². The molecule has 2 N–H and O–H groups in total. The highest BCUT2D eigenvalue weighted by Gasteiger charge is 1.82. The largest absolute Gasteiger partial charge is 0.450 e. The SMILES string of the molecule is CC(C)CS.CCOC(N)=O. The molecule has 0 aromatic heterocycles. The van der Waals surface area contributed by atoms with Crippen molar-refractivity contribution in [1.82, 2.24) is 0 Å². The lowest BCUT2D eigenvalue weighted by atomic mass is 10.3. The molecule has 0 spiro atoms. The highest BCUT2D eigenvalue weighted by molar-refractivity contribution is 7.80. The lowest BCUT2D eigenvalue weighted by molar-refractivity contribution is 0.163. The van der Waals surface area contributed by atoms with Crippen molar-refractivity contribution in [2.45, 2.75) is 20.8 Å². The number of thiol groups is 1. The van der Waals surface area contributed by atoms with Crippen LogP contribution in [0, 0.1) is 5.92 Å². The van der Waals surface area contributed by atoms with Gasteiger partial charge in [0.1, 0.15) is 0 Å². The van der Waals surface area contributed by atoms with Gasteiger partial charge in [0, 0.05) is 0 Å². The summed E-state index contributed by atoms with van der Waals surface area (Å²) in [4.78, 5) is 9.60. The number of rotatable bonds is 2. The molecule has 0 rings (SSSR count). The molecule has 0 heterocycles. The topological polar surface area (TPSA) is 52.3 Å². The number of amides is 1. The Kier molecular flexibility index (Phi) is 11.6. The van der Waals surface area contributed by atoms with Crippen LogP contribution in [0.15, 0.2) is 0 Å². The van der Waals surface area contributed by atoms with Gasteiger partial charge in [-0.1, -0.05) is 13.8 Å². The molecule has 1 amide bonds. The highest BCUT2D eigenvalue weighted by atomic mass is 32.1. The van der Waals surface area contributed by atoms with Crippen LogP contribution in [0.3, 0.4) is 0 Å². The first-order valence-electron chi connectivity index (χ1n) is 3.57. The van der Waals surface area contributed by atoms with E-state index in [1.54, 1.807) is 6.92 Å². The van der Waals surface area contributed by atoms with Gasteiger partial charge < -0.3 is 10.5 Å². The third-order valence-corrected chi connectivity index (χ3v) is 1.38. The summed E-state index contributed by atoms with van der Waals surface area (Å²) in [5.74, 6) is 1.75. The average molecular weight is 179 g/mol. The van der Waals surface area contributed by atoms with Crippen LogP contribution in [0.25, 0.3) is 0 Å². The second-order valence-corrected chi connectivity index (χ2v) is 2.69. The molecule has 0 aromatic carbocycles. The molecule has 0 saturated heterocycles. The summed E-state index contributed by atoms with van der Waals surface area (Å²) < 4.78 is 4.18. The van der Waals surface area contributed by atoms with E-state index in [4.69, 9.17) is 0 Å². The van der Waals surface area contributed by atoms with E-state index >= 15 is 0 Å². The number of hydrogen-bond donors (Lipinski definition) is 2. The van der Waals surface area contributed by atoms with Crippen molar-refractivity contribution in [1.29, 1.82) is 0 Å². The molecule has 0 aliphatic heterocycles. The normalized spacial score (nSPS) is 8.45. The van der Waals surface area contributed by atoms with Gasteiger partial charge in [-0.15, -0.1) is 0 Å². The highest BCUT2D eigenvalue weighted by Crippen LogP contribution is 1.90. The third-order valence-electron chi connectivity index (χ3n) is 0.652. The van der Waals surface area contributed by atoms with E-state index in [0.29, 0.717) is 6.61 Å². The number of carbonyl (C=O) groups is 1. The van der Waals surface area contributed by atoms with E-state index in [1.165, 1.54) is 0 Å². The summed E-state index contributed by atoms with van der Waals surface area (Å²) in [7, 11) is 0. The maximum Gasteiger partial charge on any atom is 0.404 e. The first-order chi connectivity index (χ1) is 5.04. The number of carbonyl (C=O) groups excluding carboxylic acids is 1. The molecular weight excluding hydrogens is 162 g/mol. The maximum absolute atomic E-state index is 9.60. The van der Waals surface area contributed by atoms with Gasteiger partial charge in [-0.25, -0.2) is 4.79 Å². The second-order valence-electron chi connectivity index (χ2n) is 2.33. The van der Waals surface area contributed by atoms with E-state index in [1.807, 2.05) is 0 Å². The van der Waals surface area contributed by atoms with Crippen molar-refractivity contribution >= 4 is 18.7 Å². The summed E-state index contributed by atoms with van der Waals surface area (Å²) in [5, 5.41) is 0. The van der Waals surface area contributed by atoms with Gasteiger partial charge in [0.25, 0.3) is 0 Å². The van der Waals surface area contributed by atoms with Crippen LogP contribution < -0.4 is 5.73 Å². The van der Waals surface area contributed by atoms with Gasteiger partial charge in [0.05, 0.1) is 6.61 Å². The molecule has 0 bridgehead atoms. The van der Waals surface area contributed by atoms with E-state index in [0.717, 1.165) is 11.7 Å². The molecular formula is C7H17NO2S. The fourth-order valence-corrected chi connectivity index (χ4v) is 0.142. The molecule has 4 heteroatoms. The van der Waals surface area contributed by atoms with Crippen LogP contribution in [0.5, 0.6) is 0 Å². The van der Waals surface area contributed by atoms with E-state index < -0.39 is 6.09 Å². The lowest BCUT2D eigenvalue weighted by Gasteiger charge is -1.89. The molecule has 0 aliphatic rings. The Balaban J connectivity index is 0. The molecule has 11 heavy (non-hydrogen) atoms. The van der Waals surface area contributed by atoms with E-state index in [2.05, 4.69) is 36.9 Å². The number of primary amides is 1. The number of hydrogen-bond acceptors (Lipinski definition) is 3. The smallest absolute Gasteiger partial charge is 0.404 e. The molecule has 0 aromatic rings. The standard InChI is InChI=1S/C4H10S.C3H7NO2/c1-4(2)3-5;1-2-6-3(4)5/h4-5H,3H2,1-2H3;2H2,1H3,(H2,4,5). The van der Waals surface area contributed by atoms with Crippen LogP contribution in [0.2, 0.25) is 0 Å². The zero-order valence-corrected chi connectivity index (χ0v) is 8.23. The Morgan fingerprint density at radius 2 is 2.00 bits per heavy atom. The van der Waals surface area contributed by atoms with Crippen molar-refractivity contribution in [2.75, 3.05) is 12.4 Å². The molecule has 0 radical (unpaired) electrons. The maximum atomic E-state index is 9.60. The summed E-state index contributed by atoms with van der Waals surface area (Å²) in [6, 6.07) is 0. The minimum Gasteiger partial charge on any atom is -0.450 e. The van der Waals surface area contributed by atoms with Crippen LogP contribution in [0.4, 0.5) is 4.79 Å². The lowest BCUT2D eigenvalue weighted by Crippen LogP contribution is -2.11. The van der Waals surface area contributed by atoms with Gasteiger partial charge in [0.2, 0.25) is 0 Å². The summed E-state index contributed by atoms with van der Waals surface area (Å²) >= 11 is 4.02. The van der Waals surface area contributed by atoms with Gasteiger partial charge >= 0.3 is 6.09 Å². The molecule has 0 atom stereocenters. The van der Waals surface area contributed by atoms with Crippen molar-refractivity contribution < 1.29 is 9.53 Å². The monoisotopic (exact) mass is 179 g/mol. The van der Waals surface area contributed by atoms with Crippen LogP contribution >= 0.6 is 12.6 Å². The zero-order valence-electron chi connectivity index (χ0n) is 7.33. The first-order valence-corrected chi connectivity index (χ1v) is 4.20. The summed E-state index contributed by atoms with van der Waals surface area (Å²) in [5.41, 5.74) is 4.54. The van der Waals surface area contributed by atoms with Crippen LogP contribution in [-0.2, 0) is 4.74 Å². The zero-order chi connectivity index (χ0) is 9.28. The Hall–Kier alpha value is -0.380. The number of ether oxygens (including phenoxy) is 1. The van der Waals surface area contributed by atoms with Gasteiger partial charge in [-0.2, -0.15) is 12.6 Å². The van der Waals surface area contributed by atoms with Gasteiger partial charge in [-0.05, 0) is 18.6 Å². The van der Waals surface area contributed by atoms with Gasteiger partial charge in [0.15, 0.2) is 0 Å². The molecule has 0 aliphatic carbocycles. The Labute approximate surface area is 73.7 Å². The predicted molar refractivity (Wildman–Crippen MR) is 49.9 cm³/mol. The van der Waals surface area contributed by atoms with Crippen LogP contribution in [0.1, 0.15) is 20.8 Å². The average Bonchev–Trinajstić information content (AvgIpc) is 1.89. The van der Waals surface area contributed by atoms with Crippen molar-refractivity contribution in [3.05, 3.63) is 0 Å². The Morgan fingerprint density at radius 3 is 2.00 bits per heavy atom. The second kappa shape index (κ2) is 9.62. The molecule has 0 unspecified atom stereocenters. The van der Waals surface area contributed by atoms with Crippen LogP contribution in [-0.4, -0.2) is 18.5 Å². The molecule has 0 saturated carbocycles. The van der Waals surface area contributed by atoms with Crippen molar-refractivity contribution in [3.63, 3.8) is 0 Å². The third kappa shape index (κ3) is 26.2. The van der Waals surface area contributed by atoms with E-state index in [9.17, 15) is 4.79 Å². The Bertz CT molecular complexity index is 96.4. The van der Waals surface area contributed by atoms with Gasteiger partial charge in [-0.3, -0.25) is 0 Å². The minimum absolute atomic E-state index is 0.356. The predicted octanol–water partition coefficient (Wildman–Crippen LogP) is 1.67. The molecule has 0 fully saturated rings. The van der Waals surface area contributed by atoms with Crippen molar-refractivity contribution in [2.24, 2.45) is 11.7 Å². The fraction of sp³-hybridized carbons (Fsp3) is 0.857. The first kappa shape index (κ1) is 13.2. The molecule has 68 valence electrons. The summed E-state index contributed by atoms with van der Waals surface area (Å²) in [6.45, 7) is 6.35. The fourth-order valence-electron chi connectivity index (χ4n) is 0.142. The number of nitrogens with two attached hydrogens (primary N) is 1. The molecule has 3 nitrogen and oxygen atoms in total. The minimum atomic E-state index is -0.711. The summed E-state index contributed by atoms with van der Waals surface area (Å²) in [6.07, 6.45) is -0.711.